The summed E-state index contributed by atoms with van der Waals surface area (Å²) in [6, 6.07) is 17.1. The number of benzene rings is 3. The van der Waals surface area contributed by atoms with E-state index in [2.05, 4.69) is 0 Å². The molecule has 6 nitrogen and oxygen atoms in total. The van der Waals surface area contributed by atoms with Crippen LogP contribution >= 0.6 is 11.6 Å². The van der Waals surface area contributed by atoms with Crippen LogP contribution in [0, 0.1) is 0 Å². The Morgan fingerprint density at radius 3 is 2.35 bits per heavy atom. The van der Waals surface area contributed by atoms with Gasteiger partial charge in [0, 0.05) is 10.4 Å². The number of ether oxygens (including phenoxy) is 2. The molecule has 5 atom stereocenters. The highest BCUT2D eigenvalue weighted by molar-refractivity contribution is 6.31. The quantitative estimate of drug-likeness (QED) is 0.483. The van der Waals surface area contributed by atoms with Crippen molar-refractivity contribution in [1.82, 2.24) is 0 Å². The van der Waals surface area contributed by atoms with Gasteiger partial charge in [-0.25, -0.2) is 0 Å². The summed E-state index contributed by atoms with van der Waals surface area (Å²) in [6.07, 6.45) is -5.50. The van der Waals surface area contributed by atoms with E-state index < -0.39 is 37.1 Å². The van der Waals surface area contributed by atoms with Crippen molar-refractivity contribution < 1.29 is 29.9 Å². The highest BCUT2D eigenvalue weighted by Gasteiger charge is 2.44. The Balaban J connectivity index is 1.69. The van der Waals surface area contributed by atoms with E-state index in [1.54, 1.807) is 19.2 Å². The standard InChI is InChI=1S/C24H25ClO6/c1-30-19-9-7-13(16-4-2-3-5-17(16)19)10-15-11-14(6-8-18(15)25)24-23(29)22(28)21(27)20(12-26)31-24/h2-9,11,20-24,26-29H,10,12H2,1H3/t20-,21-,22+,23-,24+/m1/s1. The van der Waals surface area contributed by atoms with Gasteiger partial charge in [0.2, 0.25) is 0 Å². The van der Waals surface area contributed by atoms with Gasteiger partial charge < -0.3 is 29.9 Å². The van der Waals surface area contributed by atoms with E-state index in [1.165, 1.54) is 0 Å². The Bertz CT molecular complexity index is 1070. The zero-order valence-corrected chi connectivity index (χ0v) is 17.7. The Morgan fingerprint density at radius 1 is 0.903 bits per heavy atom. The maximum absolute atomic E-state index is 10.5. The average molecular weight is 445 g/mol. The Morgan fingerprint density at radius 2 is 1.65 bits per heavy atom. The molecule has 4 rings (SSSR count). The molecule has 164 valence electrons. The van der Waals surface area contributed by atoms with E-state index in [0.717, 1.165) is 27.6 Å². The Kier molecular flexibility index (Phi) is 6.48. The molecule has 0 spiro atoms. The normalized spacial score (nSPS) is 26.2. The molecule has 7 heteroatoms. The fourth-order valence-corrected chi connectivity index (χ4v) is 4.34. The van der Waals surface area contributed by atoms with Gasteiger partial charge in [0.15, 0.2) is 0 Å². The van der Waals surface area contributed by atoms with E-state index in [9.17, 15) is 20.4 Å². The molecule has 0 radical (unpaired) electrons. The first-order valence-corrected chi connectivity index (χ1v) is 10.5. The van der Waals surface area contributed by atoms with Crippen LogP contribution in [0.5, 0.6) is 5.75 Å². The van der Waals surface area contributed by atoms with Crippen molar-refractivity contribution in [3.63, 3.8) is 0 Å². The summed E-state index contributed by atoms with van der Waals surface area (Å²) >= 11 is 6.48. The van der Waals surface area contributed by atoms with Gasteiger partial charge in [-0.1, -0.05) is 54.1 Å². The molecule has 3 aromatic rings. The Hall–Kier alpha value is -2.19. The second-order valence-corrected chi connectivity index (χ2v) is 8.16. The topological polar surface area (TPSA) is 99.4 Å². The highest BCUT2D eigenvalue weighted by Crippen LogP contribution is 2.35. The van der Waals surface area contributed by atoms with E-state index in [1.807, 2.05) is 42.5 Å². The van der Waals surface area contributed by atoms with Gasteiger partial charge in [0.25, 0.3) is 0 Å². The minimum Gasteiger partial charge on any atom is -0.496 e. The molecule has 1 fully saturated rings. The molecule has 0 bridgehead atoms. The lowest BCUT2D eigenvalue weighted by molar-refractivity contribution is -0.231. The molecule has 0 amide bonds. The lowest BCUT2D eigenvalue weighted by atomic mass is 9.89. The van der Waals surface area contributed by atoms with Gasteiger partial charge in [-0.05, 0) is 40.6 Å². The Labute approximate surface area is 185 Å². The van der Waals surface area contributed by atoms with Crippen LogP contribution in [0.4, 0.5) is 0 Å². The molecule has 1 heterocycles. The third-order valence-corrected chi connectivity index (χ3v) is 6.23. The first-order valence-electron chi connectivity index (χ1n) is 10.1. The predicted molar refractivity (Wildman–Crippen MR) is 117 cm³/mol. The van der Waals surface area contributed by atoms with E-state index in [0.29, 0.717) is 17.0 Å². The molecular formula is C24H25ClO6. The summed E-state index contributed by atoms with van der Waals surface area (Å²) in [6.45, 7) is -0.472. The molecule has 0 unspecified atom stereocenters. The maximum atomic E-state index is 10.5. The molecule has 1 aliphatic rings. The molecule has 0 aliphatic carbocycles. The minimum absolute atomic E-state index is 0.472. The third-order valence-electron chi connectivity index (χ3n) is 5.87. The fourth-order valence-electron chi connectivity index (χ4n) is 4.16. The summed E-state index contributed by atoms with van der Waals surface area (Å²) in [5.74, 6) is 0.792. The fraction of sp³-hybridized carbons (Fsp3) is 0.333. The lowest BCUT2D eigenvalue weighted by Crippen LogP contribution is -2.55. The summed E-state index contributed by atoms with van der Waals surface area (Å²) in [5.41, 5.74) is 2.49. The van der Waals surface area contributed by atoms with Crippen LogP contribution in [0.1, 0.15) is 22.8 Å². The molecule has 3 aromatic carbocycles. The third kappa shape index (κ3) is 4.15. The SMILES string of the molecule is COc1ccc(Cc2cc([C@@H]3O[C@H](CO)[C@@H](O)[C@H](O)[C@H]3O)ccc2Cl)c2ccccc12. The molecule has 0 aromatic heterocycles. The number of aliphatic hydroxyl groups is 4. The van der Waals surface area contributed by atoms with E-state index >= 15 is 0 Å². The smallest absolute Gasteiger partial charge is 0.126 e. The summed E-state index contributed by atoms with van der Waals surface area (Å²) in [7, 11) is 1.64. The molecular weight excluding hydrogens is 420 g/mol. The van der Waals surface area contributed by atoms with Gasteiger partial charge >= 0.3 is 0 Å². The number of aliphatic hydroxyl groups excluding tert-OH is 4. The largest absolute Gasteiger partial charge is 0.496 e. The lowest BCUT2D eigenvalue weighted by Gasteiger charge is -2.40. The second kappa shape index (κ2) is 9.12. The number of halogens is 1. The number of fused-ring (bicyclic) bond motifs is 1. The van der Waals surface area contributed by atoms with E-state index in [4.69, 9.17) is 21.1 Å². The van der Waals surface area contributed by atoms with Gasteiger partial charge in [0.05, 0.1) is 13.7 Å². The first-order chi connectivity index (χ1) is 14.9. The van der Waals surface area contributed by atoms with Crippen molar-refractivity contribution >= 4 is 22.4 Å². The number of hydrogen-bond donors (Lipinski definition) is 4. The molecule has 0 saturated carbocycles. The number of methoxy groups -OCH3 is 1. The van der Waals surface area contributed by atoms with Crippen LogP contribution in [0.3, 0.4) is 0 Å². The maximum Gasteiger partial charge on any atom is 0.126 e. The van der Waals surface area contributed by atoms with E-state index in [-0.39, 0.29) is 0 Å². The molecule has 4 N–H and O–H groups in total. The first kappa shape index (κ1) is 22.0. The summed E-state index contributed by atoms with van der Waals surface area (Å²) in [4.78, 5) is 0. The van der Waals surface area contributed by atoms with Crippen LogP contribution in [-0.2, 0) is 11.2 Å². The zero-order valence-electron chi connectivity index (χ0n) is 17.0. The van der Waals surface area contributed by atoms with Gasteiger partial charge in [-0.2, -0.15) is 0 Å². The predicted octanol–water partition coefficient (Wildman–Crippen LogP) is 2.61. The van der Waals surface area contributed by atoms with Crippen molar-refractivity contribution in [1.29, 1.82) is 0 Å². The van der Waals surface area contributed by atoms with Crippen LogP contribution in [0.2, 0.25) is 5.02 Å². The second-order valence-electron chi connectivity index (χ2n) is 7.75. The van der Waals surface area contributed by atoms with Gasteiger partial charge in [-0.15, -0.1) is 0 Å². The number of hydrogen-bond acceptors (Lipinski definition) is 6. The summed E-state index contributed by atoms with van der Waals surface area (Å²) in [5, 5.41) is 42.7. The van der Waals surface area contributed by atoms with Crippen LogP contribution < -0.4 is 4.74 Å². The van der Waals surface area contributed by atoms with Crippen molar-refractivity contribution in [2.24, 2.45) is 0 Å². The zero-order chi connectivity index (χ0) is 22.1. The summed E-state index contributed by atoms with van der Waals surface area (Å²) < 4.78 is 11.2. The molecule has 1 saturated heterocycles. The van der Waals surface area contributed by atoms with Crippen LogP contribution in [0.25, 0.3) is 10.8 Å². The van der Waals surface area contributed by atoms with Gasteiger partial charge in [-0.3, -0.25) is 0 Å². The molecule has 31 heavy (non-hydrogen) atoms. The highest BCUT2D eigenvalue weighted by atomic mass is 35.5. The van der Waals surface area contributed by atoms with Crippen molar-refractivity contribution in [2.45, 2.75) is 36.9 Å². The molecule has 1 aliphatic heterocycles. The van der Waals surface area contributed by atoms with Crippen LogP contribution in [-0.4, -0.2) is 58.6 Å². The van der Waals surface area contributed by atoms with Crippen molar-refractivity contribution in [2.75, 3.05) is 13.7 Å². The van der Waals surface area contributed by atoms with Crippen LogP contribution in [0.15, 0.2) is 54.6 Å². The van der Waals surface area contributed by atoms with Crippen molar-refractivity contribution in [3.05, 3.63) is 76.3 Å². The van der Waals surface area contributed by atoms with Gasteiger partial charge in [0.1, 0.15) is 36.3 Å². The minimum atomic E-state index is -1.43. The average Bonchev–Trinajstić information content (AvgIpc) is 2.79. The van der Waals surface area contributed by atoms with Crippen molar-refractivity contribution in [3.8, 4) is 5.75 Å². The number of rotatable bonds is 5. The monoisotopic (exact) mass is 444 g/mol.